The number of rotatable bonds is 12. The fraction of sp³-hybridized carbons (Fsp3) is 0.467. The number of para-hydroxylation sites is 1. The van der Waals surface area contributed by atoms with E-state index in [2.05, 4.69) is 46.8 Å². The predicted octanol–water partition coefficient (Wildman–Crippen LogP) is 10.1. The van der Waals surface area contributed by atoms with Crippen molar-refractivity contribution in [3.05, 3.63) is 123 Å². The number of piperazine rings is 1. The van der Waals surface area contributed by atoms with Crippen LogP contribution in [0.3, 0.4) is 0 Å². The highest BCUT2D eigenvalue weighted by Crippen LogP contribution is 2.54. The van der Waals surface area contributed by atoms with Crippen molar-refractivity contribution in [2.75, 3.05) is 85.8 Å². The van der Waals surface area contributed by atoms with Gasteiger partial charge in [-0.25, -0.2) is 17.5 Å². The molecule has 1 amide bonds. The molecule has 0 unspecified atom stereocenters. The number of hydrogen-bond acceptors (Lipinski definition) is 16. The van der Waals surface area contributed by atoms with Gasteiger partial charge in [0.25, 0.3) is 21.6 Å². The summed E-state index contributed by atoms with van der Waals surface area (Å²) in [5.74, 6) is 0.101. The highest BCUT2D eigenvalue weighted by Gasteiger charge is 2.51. The highest BCUT2D eigenvalue weighted by atomic mass is 35.5. The lowest BCUT2D eigenvalue weighted by molar-refractivity contribution is -0.384. The molecule has 22 heteroatoms. The number of nitrogens with one attached hydrogen (secondary N) is 3. The first-order chi connectivity index (χ1) is 39.6. The van der Waals surface area contributed by atoms with Crippen LogP contribution < -0.4 is 38.9 Å². The lowest BCUT2D eigenvalue weighted by atomic mass is 9.59. The maximum atomic E-state index is 15.7. The third kappa shape index (κ3) is 10.2. The zero-order chi connectivity index (χ0) is 56.6. The lowest BCUT2D eigenvalue weighted by Crippen LogP contribution is -2.60. The van der Waals surface area contributed by atoms with Gasteiger partial charge in [0.2, 0.25) is 5.88 Å². The summed E-state index contributed by atoms with van der Waals surface area (Å²) in [6, 6.07) is 22.7. The van der Waals surface area contributed by atoms with E-state index in [0.717, 1.165) is 92.2 Å². The van der Waals surface area contributed by atoms with Gasteiger partial charge in [0.1, 0.15) is 35.6 Å². The molecule has 3 N–H and O–H groups in total. The number of H-pyrrole nitrogens is 1. The van der Waals surface area contributed by atoms with Crippen LogP contribution >= 0.6 is 11.6 Å². The number of hydrogen-bond donors (Lipinski definition) is 3. The molecular formula is C60H67ClFN9O10S. The normalized spacial score (nSPS) is 23.0. The van der Waals surface area contributed by atoms with Gasteiger partial charge < -0.3 is 48.7 Å². The Morgan fingerprint density at radius 3 is 2.51 bits per heavy atom. The first-order valence-electron chi connectivity index (χ1n) is 28.6. The van der Waals surface area contributed by atoms with E-state index in [1.807, 2.05) is 63.2 Å². The lowest BCUT2D eigenvalue weighted by Gasteiger charge is -2.58. The van der Waals surface area contributed by atoms with Crippen molar-refractivity contribution in [1.82, 2.24) is 19.6 Å². The molecule has 1 saturated carbocycles. The number of halogens is 2. The van der Waals surface area contributed by atoms with Crippen molar-refractivity contribution in [1.29, 1.82) is 0 Å². The summed E-state index contributed by atoms with van der Waals surface area (Å²) in [5.41, 5.74) is 4.83. The van der Waals surface area contributed by atoms with Crippen LogP contribution in [0.15, 0.2) is 90.0 Å². The topological polar surface area (TPSA) is 206 Å². The van der Waals surface area contributed by atoms with E-state index < -0.39 is 37.5 Å². The van der Waals surface area contributed by atoms with Crippen LogP contribution in [0.1, 0.15) is 86.3 Å². The summed E-state index contributed by atoms with van der Waals surface area (Å²) in [6.45, 7) is 11.5. The molecule has 6 aromatic rings. The van der Waals surface area contributed by atoms with E-state index in [1.54, 1.807) is 12.3 Å². The second-order valence-electron chi connectivity index (χ2n) is 23.4. The molecule has 13 rings (SSSR count). The summed E-state index contributed by atoms with van der Waals surface area (Å²) >= 11 is 6.30. The second kappa shape index (κ2) is 21.7. The monoisotopic (exact) mass is 1160 g/mol. The van der Waals surface area contributed by atoms with Crippen molar-refractivity contribution in [2.24, 2.45) is 11.3 Å². The van der Waals surface area contributed by atoms with Gasteiger partial charge in [-0.3, -0.25) is 19.8 Å². The van der Waals surface area contributed by atoms with Crippen molar-refractivity contribution in [3.8, 4) is 17.4 Å². The zero-order valence-corrected chi connectivity index (χ0v) is 47.6. The summed E-state index contributed by atoms with van der Waals surface area (Å²) in [5, 5.41) is 17.1. The number of ether oxygens (including phenoxy) is 5. The predicted molar refractivity (Wildman–Crippen MR) is 309 cm³/mol. The van der Waals surface area contributed by atoms with Gasteiger partial charge in [0.15, 0.2) is 11.4 Å². The Kier molecular flexibility index (Phi) is 14.4. The number of carbonyl (C=O) groups is 1. The number of nitro groups is 1. The number of aryl methyl sites for hydroxylation is 1. The number of carbonyl (C=O) groups excluding carboxylic acids is 1. The summed E-state index contributed by atoms with van der Waals surface area (Å²) in [6.07, 6.45) is 7.26. The summed E-state index contributed by atoms with van der Waals surface area (Å²) in [7, 11) is -4.73. The van der Waals surface area contributed by atoms with E-state index in [4.69, 9.17) is 40.3 Å². The minimum absolute atomic E-state index is 0.0123. The number of fused-ring (bicyclic) bond motifs is 4. The molecule has 0 radical (unpaired) electrons. The minimum atomic E-state index is -4.73. The Balaban J connectivity index is 0.783. The molecule has 4 saturated heterocycles. The number of amides is 1. The molecule has 432 valence electrons. The SMILES string of the molecule is Cc1cc(Cl)cc(F)c1N1CCN(C2CC3(CCN(c4ccc(C(=O)NS(=O)(=O)c5cc6c(c([N+](=O)[O-])c5)N[C@H](C5CCOCC5)CO6)c(N5c6cc7cc[nH]c7nc6O[C@H]6COCC[C@@H]65)c4)CC3)C2)[C@H](c2ccccc2OC(C)C)C1. The van der Waals surface area contributed by atoms with E-state index in [9.17, 15) is 23.3 Å². The number of nitrogens with zero attached hydrogens (tertiary/aromatic N) is 6. The zero-order valence-electron chi connectivity index (χ0n) is 46.1. The Bertz CT molecular complexity index is 3540. The molecule has 0 bridgehead atoms. The fourth-order valence-electron chi connectivity index (χ4n) is 14.0. The standard InChI is InChI=1S/C60H67ClFN9O10S/c1-35(2)80-52-7-5-4-6-43(52)51-32-68(56-36(3)24-39(61)26-45(56)62)19-20-69(51)41-30-60(31-41)14-17-67(18-15-60)40-8-9-44(48(27-40)70-47-13-23-78-34-54(47)81-59-50(70)25-38-10-16-63-57(38)65-59)58(72)66-82(75,76)42-28-49(71(73)74)55-53(29-42)79-33-46(64-55)37-11-21-77-22-12-37/h4-10,16,24-29,35,37,41,46-47,51,54,64H,11-15,17-23,30-34H2,1-3H3,(H,63,65)(H,66,72)/t46-,47-,51-,54-/m0/s1. The van der Waals surface area contributed by atoms with Gasteiger partial charge >= 0.3 is 0 Å². The van der Waals surface area contributed by atoms with E-state index in [1.165, 1.54) is 12.1 Å². The number of anilines is 5. The van der Waals surface area contributed by atoms with Gasteiger partial charge in [0.05, 0.1) is 57.6 Å². The molecule has 4 aromatic carbocycles. The van der Waals surface area contributed by atoms with E-state index >= 15 is 4.39 Å². The number of benzene rings is 4. The Hall–Kier alpha value is -6.91. The maximum absolute atomic E-state index is 15.7. The summed E-state index contributed by atoms with van der Waals surface area (Å²) in [4.78, 5) is 43.6. The van der Waals surface area contributed by atoms with Crippen LogP contribution in [0.5, 0.6) is 17.4 Å². The van der Waals surface area contributed by atoms with Gasteiger partial charge in [-0.1, -0.05) is 29.8 Å². The fourth-order valence-corrected chi connectivity index (χ4v) is 15.2. The molecule has 8 heterocycles. The molecule has 7 aliphatic rings. The molecule has 19 nitrogen and oxygen atoms in total. The minimum Gasteiger partial charge on any atom is -0.491 e. The van der Waals surface area contributed by atoms with Crippen LogP contribution in [-0.4, -0.2) is 130 Å². The van der Waals surface area contributed by atoms with Gasteiger partial charge in [-0.2, -0.15) is 4.98 Å². The largest absolute Gasteiger partial charge is 0.491 e. The van der Waals surface area contributed by atoms with Crippen LogP contribution in [0, 0.1) is 34.2 Å². The molecule has 1 spiro atoms. The van der Waals surface area contributed by atoms with E-state index in [-0.39, 0.29) is 71.6 Å². The number of aromatic nitrogens is 2. The van der Waals surface area contributed by atoms with Crippen molar-refractivity contribution >= 4 is 72.7 Å². The maximum Gasteiger partial charge on any atom is 0.297 e. The molecule has 5 fully saturated rings. The average molecular weight is 1160 g/mol. The molecule has 6 aliphatic heterocycles. The highest BCUT2D eigenvalue weighted by molar-refractivity contribution is 7.90. The van der Waals surface area contributed by atoms with Crippen LogP contribution in [0.25, 0.3) is 11.0 Å². The van der Waals surface area contributed by atoms with Gasteiger partial charge in [-0.15, -0.1) is 0 Å². The van der Waals surface area contributed by atoms with Crippen molar-refractivity contribution in [3.63, 3.8) is 0 Å². The van der Waals surface area contributed by atoms with Crippen LogP contribution in [-0.2, 0) is 19.5 Å². The summed E-state index contributed by atoms with van der Waals surface area (Å²) < 4.78 is 77.4. The Labute approximate surface area is 480 Å². The van der Waals surface area contributed by atoms with Crippen LogP contribution in [0.4, 0.5) is 38.5 Å². The third-order valence-corrected chi connectivity index (χ3v) is 19.6. The smallest absolute Gasteiger partial charge is 0.297 e. The van der Waals surface area contributed by atoms with Crippen molar-refractivity contribution in [2.45, 2.75) is 107 Å². The van der Waals surface area contributed by atoms with E-state index in [0.29, 0.717) is 79.0 Å². The van der Waals surface area contributed by atoms with Gasteiger partial charge in [0, 0.05) is 98.6 Å². The number of aromatic amines is 1. The number of sulfonamides is 1. The molecule has 2 aromatic heterocycles. The van der Waals surface area contributed by atoms with Crippen molar-refractivity contribution < 1.29 is 46.2 Å². The van der Waals surface area contributed by atoms with Gasteiger partial charge in [-0.05, 0) is 131 Å². The third-order valence-electron chi connectivity index (χ3n) is 18.1. The molecular weight excluding hydrogens is 1090 g/mol. The molecule has 82 heavy (non-hydrogen) atoms. The average Bonchev–Trinajstić information content (AvgIpc) is 4.05. The number of pyridine rings is 1. The quantitative estimate of drug-likeness (QED) is 0.0770. The second-order valence-corrected chi connectivity index (χ2v) is 25.5. The van der Waals surface area contributed by atoms with Crippen LogP contribution in [0.2, 0.25) is 5.02 Å². The molecule has 1 aliphatic carbocycles. The Morgan fingerprint density at radius 1 is 0.939 bits per heavy atom. The Morgan fingerprint density at radius 2 is 1.73 bits per heavy atom. The first-order valence-corrected chi connectivity index (χ1v) is 30.4. The number of nitro benzene ring substituents is 1. The first kappa shape index (κ1) is 54.3. The number of piperidine rings is 1. The molecule has 4 atom stereocenters.